The van der Waals surface area contributed by atoms with Gasteiger partial charge in [0.25, 0.3) is 0 Å². The second kappa shape index (κ2) is 16.2. The summed E-state index contributed by atoms with van der Waals surface area (Å²) in [4.78, 5) is 4.73. The molecule has 0 spiro atoms. The third-order valence-electron chi connectivity index (χ3n) is 12.6. The molecule has 0 N–H and O–H groups in total. The van der Waals surface area contributed by atoms with E-state index in [1.54, 1.807) is 0 Å². The molecule has 1 heterocycles. The summed E-state index contributed by atoms with van der Waals surface area (Å²) in [5, 5.41) is 6.77. The topological polar surface area (TPSA) is 19.6 Å². The lowest BCUT2D eigenvalue weighted by Crippen LogP contribution is -2.13. The molecule has 3 heteroatoms. The van der Waals surface area contributed by atoms with Gasteiger partial charge in [0.05, 0.1) is 5.69 Å². The molecule has 3 nitrogen and oxygen atoms in total. The van der Waals surface area contributed by atoms with E-state index in [9.17, 15) is 0 Å². The van der Waals surface area contributed by atoms with Crippen molar-refractivity contribution in [3.05, 3.63) is 255 Å². The van der Waals surface area contributed by atoms with Crippen LogP contribution in [0.4, 0.5) is 34.1 Å². The van der Waals surface area contributed by atoms with Crippen LogP contribution in [0.2, 0.25) is 0 Å². The summed E-state index contributed by atoms with van der Waals surface area (Å²) in [6, 6.07) is 91.4. The Balaban J connectivity index is 1.13. The van der Waals surface area contributed by atoms with E-state index in [-0.39, 0.29) is 0 Å². The van der Waals surface area contributed by atoms with Gasteiger partial charge in [-0.05, 0) is 122 Å². The van der Waals surface area contributed by atoms with Crippen LogP contribution in [0.5, 0.6) is 0 Å². The maximum Gasteiger partial charge on any atom is 0.159 e. The van der Waals surface area contributed by atoms with Gasteiger partial charge in [-0.2, -0.15) is 0 Å². The van der Waals surface area contributed by atoms with Gasteiger partial charge >= 0.3 is 0 Å². The number of hydrogen-bond donors (Lipinski definition) is 0. The lowest BCUT2D eigenvalue weighted by molar-refractivity contribution is 0.673. The first-order valence-corrected chi connectivity index (χ1v) is 22.2. The van der Waals surface area contributed by atoms with Gasteiger partial charge in [-0.3, -0.25) is 0 Å². The molecule has 0 aliphatic heterocycles. The normalized spacial score (nSPS) is 11.4. The molecule has 11 aromatic carbocycles. The monoisotopic (exact) mass is 830 g/mol. The van der Waals surface area contributed by atoms with E-state index < -0.39 is 0 Å². The fourth-order valence-corrected chi connectivity index (χ4v) is 9.47. The van der Waals surface area contributed by atoms with Crippen molar-refractivity contribution >= 4 is 77.6 Å². The van der Waals surface area contributed by atoms with Gasteiger partial charge in [-0.25, -0.2) is 0 Å². The average Bonchev–Trinajstić information content (AvgIpc) is 3.77. The molecular formula is C62H42N2O. The molecule has 0 atom stereocenters. The minimum absolute atomic E-state index is 0.820. The van der Waals surface area contributed by atoms with E-state index in [1.807, 2.05) is 0 Å². The fourth-order valence-electron chi connectivity index (χ4n) is 9.47. The number of para-hydroxylation sites is 2. The molecule has 1 aromatic heterocycles. The highest BCUT2D eigenvalue weighted by Crippen LogP contribution is 2.49. The van der Waals surface area contributed by atoms with Gasteiger partial charge in [-0.1, -0.05) is 182 Å². The van der Waals surface area contributed by atoms with E-state index in [0.29, 0.717) is 0 Å². The zero-order valence-corrected chi connectivity index (χ0v) is 35.6. The lowest BCUT2D eigenvalue weighted by Gasteiger charge is -2.30. The van der Waals surface area contributed by atoms with Crippen molar-refractivity contribution < 1.29 is 4.42 Å². The van der Waals surface area contributed by atoms with Crippen LogP contribution in [-0.4, -0.2) is 0 Å². The van der Waals surface area contributed by atoms with Crippen LogP contribution in [0.3, 0.4) is 0 Å². The van der Waals surface area contributed by atoms with Crippen molar-refractivity contribution in [3.63, 3.8) is 0 Å². The van der Waals surface area contributed by atoms with Crippen molar-refractivity contribution in [2.75, 3.05) is 9.80 Å². The number of hydrogen-bond acceptors (Lipinski definition) is 3. The molecule has 12 rings (SSSR count). The third-order valence-corrected chi connectivity index (χ3v) is 12.6. The first-order chi connectivity index (χ1) is 32.2. The van der Waals surface area contributed by atoms with Crippen molar-refractivity contribution in [2.45, 2.75) is 0 Å². The lowest BCUT2D eigenvalue weighted by atomic mass is 9.92. The van der Waals surface area contributed by atoms with Crippen LogP contribution in [0, 0.1) is 0 Å². The predicted octanol–water partition coefficient (Wildman–Crippen LogP) is 17.8. The number of anilines is 6. The Labute approximate surface area is 378 Å². The first-order valence-electron chi connectivity index (χ1n) is 22.2. The molecule has 12 aromatic rings. The molecular weight excluding hydrogens is 789 g/mol. The quantitative estimate of drug-likeness (QED) is 0.144. The van der Waals surface area contributed by atoms with Gasteiger partial charge in [0.1, 0.15) is 5.58 Å². The summed E-state index contributed by atoms with van der Waals surface area (Å²) in [6.45, 7) is 0. The Morgan fingerprint density at radius 1 is 0.246 bits per heavy atom. The summed E-state index contributed by atoms with van der Waals surface area (Å²) in [7, 11) is 0. The molecule has 0 bridgehead atoms. The molecule has 0 saturated heterocycles. The fraction of sp³-hybridized carbons (Fsp3) is 0. The summed E-state index contributed by atoms with van der Waals surface area (Å²) >= 11 is 0. The highest BCUT2D eigenvalue weighted by molar-refractivity contribution is 6.18. The predicted molar refractivity (Wildman–Crippen MR) is 274 cm³/mol. The number of furan rings is 1. The third kappa shape index (κ3) is 6.97. The minimum Gasteiger partial charge on any atom is -0.453 e. The first kappa shape index (κ1) is 38.0. The van der Waals surface area contributed by atoms with Gasteiger partial charge in [0.2, 0.25) is 0 Å². The Morgan fingerprint density at radius 3 is 1.51 bits per heavy atom. The van der Waals surface area contributed by atoms with E-state index in [2.05, 4.69) is 265 Å². The highest BCUT2D eigenvalue weighted by atomic mass is 16.3. The van der Waals surface area contributed by atoms with Crippen molar-refractivity contribution in [1.82, 2.24) is 0 Å². The summed E-state index contributed by atoms with van der Waals surface area (Å²) in [5.74, 6) is 0. The van der Waals surface area contributed by atoms with Crippen LogP contribution in [0.1, 0.15) is 0 Å². The summed E-state index contributed by atoms with van der Waals surface area (Å²) in [6.07, 6.45) is 0. The molecule has 0 aliphatic rings. The van der Waals surface area contributed by atoms with E-state index in [1.165, 1.54) is 27.5 Å². The van der Waals surface area contributed by atoms with E-state index >= 15 is 0 Å². The van der Waals surface area contributed by atoms with E-state index in [0.717, 1.165) is 83.5 Å². The Bertz CT molecular complexity index is 3640. The maximum atomic E-state index is 7.18. The second-order valence-corrected chi connectivity index (χ2v) is 16.5. The van der Waals surface area contributed by atoms with Crippen LogP contribution in [-0.2, 0) is 0 Å². The van der Waals surface area contributed by atoms with E-state index in [4.69, 9.17) is 4.42 Å². The Hall–Kier alpha value is -8.66. The average molecular weight is 831 g/mol. The zero-order valence-electron chi connectivity index (χ0n) is 35.6. The summed E-state index contributed by atoms with van der Waals surface area (Å²) < 4.78 is 7.18. The number of fused-ring (bicyclic) bond motifs is 6. The van der Waals surface area contributed by atoms with Gasteiger partial charge < -0.3 is 14.2 Å². The number of nitrogens with zero attached hydrogens (tertiary/aromatic N) is 2. The molecule has 0 fully saturated rings. The number of rotatable bonds is 9. The van der Waals surface area contributed by atoms with Crippen molar-refractivity contribution in [3.8, 4) is 33.4 Å². The highest BCUT2D eigenvalue weighted by Gasteiger charge is 2.25. The second-order valence-electron chi connectivity index (χ2n) is 16.5. The number of benzene rings is 11. The minimum atomic E-state index is 0.820. The molecule has 65 heavy (non-hydrogen) atoms. The van der Waals surface area contributed by atoms with Crippen LogP contribution in [0.25, 0.3) is 76.9 Å². The van der Waals surface area contributed by atoms with Gasteiger partial charge in [0.15, 0.2) is 5.58 Å². The SMILES string of the molecule is c1ccc(-c2ccc(N(c3ccccc3)c3cc(N(c4ccccc4)c4ccc(-c5ccccc5)c(-c5ccc6ccccc6c5)c4)cc4c3oc3c5ccccc5ccc43)cc2)cc1. The smallest absolute Gasteiger partial charge is 0.159 e. The largest absolute Gasteiger partial charge is 0.453 e. The molecule has 0 saturated carbocycles. The summed E-state index contributed by atoms with van der Waals surface area (Å²) in [5.41, 5.74) is 14.8. The maximum absolute atomic E-state index is 7.18. The molecule has 0 aliphatic carbocycles. The van der Waals surface area contributed by atoms with Crippen molar-refractivity contribution in [1.29, 1.82) is 0 Å². The molecule has 0 amide bonds. The zero-order chi connectivity index (χ0) is 43.1. The Morgan fingerprint density at radius 2 is 0.785 bits per heavy atom. The van der Waals surface area contributed by atoms with Gasteiger partial charge in [-0.15, -0.1) is 0 Å². The van der Waals surface area contributed by atoms with Crippen LogP contribution < -0.4 is 9.80 Å². The van der Waals surface area contributed by atoms with Crippen molar-refractivity contribution in [2.24, 2.45) is 0 Å². The van der Waals surface area contributed by atoms with Gasteiger partial charge in [0, 0.05) is 44.6 Å². The molecule has 0 radical (unpaired) electrons. The van der Waals surface area contributed by atoms with Crippen LogP contribution in [0.15, 0.2) is 259 Å². The standard InChI is InChI=1S/C62H42N2O/c1-5-17-43(18-6-1)45-31-34-52(35-32-45)64(51-26-11-4-12-27-51)60-42-54(41-59-57-37-33-47-22-15-16-28-56(47)61(57)65-62(59)60)63(50-24-9-3-10-25-50)53-36-38-55(46-20-7-2-8-21-46)58(40-53)49-30-29-44-19-13-14-23-48(44)39-49/h1-42H. The Kier molecular flexibility index (Phi) is 9.50. The molecule has 306 valence electrons. The van der Waals surface area contributed by atoms with Crippen LogP contribution >= 0.6 is 0 Å². The molecule has 0 unspecified atom stereocenters.